The Kier molecular flexibility index (Phi) is 7.86. The summed E-state index contributed by atoms with van der Waals surface area (Å²) in [7, 11) is 1.64. The van der Waals surface area contributed by atoms with Crippen molar-refractivity contribution in [2.45, 2.75) is 24.7 Å². The smallest absolute Gasteiger partial charge is 0.244 e. The van der Waals surface area contributed by atoms with E-state index in [4.69, 9.17) is 9.72 Å². The molecule has 9 heteroatoms. The molecule has 0 radical (unpaired) electrons. The maximum absolute atomic E-state index is 13.2. The van der Waals surface area contributed by atoms with Gasteiger partial charge in [0.05, 0.1) is 22.2 Å². The average Bonchev–Trinajstić information content (AvgIpc) is 3.20. The van der Waals surface area contributed by atoms with E-state index < -0.39 is 21.5 Å². The van der Waals surface area contributed by atoms with E-state index >= 15 is 0 Å². The van der Waals surface area contributed by atoms with Crippen LogP contribution < -0.4 is 9.64 Å². The molecule has 3 rings (SSSR count). The van der Waals surface area contributed by atoms with Crippen LogP contribution in [0.15, 0.2) is 47.4 Å². The number of carbonyl (C=O) groups is 1. The fraction of sp³-hybridized carbons (Fsp3) is 0.391. The first kappa shape index (κ1) is 24.2. The largest absolute Gasteiger partial charge is 0.497 e. The van der Waals surface area contributed by atoms with Gasteiger partial charge >= 0.3 is 0 Å². The van der Waals surface area contributed by atoms with Gasteiger partial charge in [0.2, 0.25) is 5.91 Å². The van der Waals surface area contributed by atoms with Gasteiger partial charge in [-0.3, -0.25) is 9.69 Å². The first-order valence-corrected chi connectivity index (χ1v) is 12.9. The zero-order valence-corrected chi connectivity index (χ0v) is 20.5. The van der Waals surface area contributed by atoms with Crippen molar-refractivity contribution >= 4 is 42.4 Å². The number of sulfone groups is 1. The summed E-state index contributed by atoms with van der Waals surface area (Å²) in [4.78, 5) is 21.6. The second-order valence-corrected chi connectivity index (χ2v) is 10.7. The van der Waals surface area contributed by atoms with Crippen molar-refractivity contribution in [3.05, 3.63) is 48.0 Å². The third-order valence-corrected chi connectivity index (χ3v) is 7.78. The number of carbonyl (C=O) groups excluding carboxylic acids is 1. The fourth-order valence-electron chi connectivity index (χ4n) is 3.37. The monoisotopic (exact) mass is 475 g/mol. The number of hydrogen-bond donors (Lipinski definition) is 0. The number of fused-ring (bicyclic) bond motifs is 1. The van der Waals surface area contributed by atoms with Crippen LogP contribution >= 0.6 is 11.3 Å². The number of aromatic nitrogens is 1. The molecule has 172 valence electrons. The van der Waals surface area contributed by atoms with Crippen molar-refractivity contribution in [2.24, 2.45) is 0 Å². The molecule has 0 fully saturated rings. The Morgan fingerprint density at radius 2 is 1.81 bits per heavy atom. The molecule has 1 amide bonds. The van der Waals surface area contributed by atoms with E-state index in [0.717, 1.165) is 28.7 Å². The molecule has 0 N–H and O–H groups in total. The van der Waals surface area contributed by atoms with Crippen molar-refractivity contribution in [1.29, 1.82) is 0 Å². The normalized spacial score (nSPS) is 11.8. The van der Waals surface area contributed by atoms with Gasteiger partial charge in [-0.05, 0) is 69.4 Å². The number of methoxy groups -OCH3 is 1. The summed E-state index contributed by atoms with van der Waals surface area (Å²) in [5.41, 5.74) is 1.98. The standard InChI is InChI=1S/C23H29N3O4S2/c1-5-17-8-6-9-20-22(17)24-23(31-20)26(15-7-14-25(2)3)21(27)16-32(28,29)19-12-10-18(30-4)11-13-19/h6,8-13H,5,7,14-16H2,1-4H3. The molecular weight excluding hydrogens is 446 g/mol. The highest BCUT2D eigenvalue weighted by Crippen LogP contribution is 2.31. The maximum atomic E-state index is 13.2. The molecule has 0 unspecified atom stereocenters. The molecule has 3 aromatic rings. The molecule has 1 aromatic heterocycles. The van der Waals surface area contributed by atoms with E-state index in [1.807, 2.05) is 37.2 Å². The minimum atomic E-state index is -3.80. The van der Waals surface area contributed by atoms with Gasteiger partial charge in [-0.2, -0.15) is 0 Å². The van der Waals surface area contributed by atoms with E-state index in [1.54, 1.807) is 12.1 Å². The Morgan fingerprint density at radius 3 is 2.44 bits per heavy atom. The van der Waals surface area contributed by atoms with E-state index in [9.17, 15) is 13.2 Å². The summed E-state index contributed by atoms with van der Waals surface area (Å²) in [6, 6.07) is 12.1. The highest BCUT2D eigenvalue weighted by Gasteiger charge is 2.26. The van der Waals surface area contributed by atoms with Gasteiger partial charge in [0.15, 0.2) is 15.0 Å². The highest BCUT2D eigenvalue weighted by atomic mass is 32.2. The summed E-state index contributed by atoms with van der Waals surface area (Å²) in [6.07, 6.45) is 1.54. The van der Waals surface area contributed by atoms with Crippen molar-refractivity contribution in [3.8, 4) is 5.75 Å². The number of nitrogens with zero attached hydrogens (tertiary/aromatic N) is 3. The van der Waals surface area contributed by atoms with Crippen molar-refractivity contribution in [2.75, 3.05) is 44.9 Å². The molecule has 0 saturated carbocycles. The lowest BCUT2D eigenvalue weighted by Gasteiger charge is -2.21. The molecule has 0 atom stereocenters. The molecular formula is C23H29N3O4S2. The van der Waals surface area contributed by atoms with E-state index in [2.05, 4.69) is 6.92 Å². The lowest BCUT2D eigenvalue weighted by molar-refractivity contribution is -0.116. The molecule has 1 heterocycles. The van der Waals surface area contributed by atoms with Gasteiger partial charge in [-0.1, -0.05) is 30.4 Å². The molecule has 0 spiro atoms. The zero-order valence-electron chi connectivity index (χ0n) is 18.9. The van der Waals surface area contributed by atoms with Crippen LogP contribution in [0.5, 0.6) is 5.75 Å². The van der Waals surface area contributed by atoms with Crippen LogP contribution in [-0.4, -0.2) is 64.3 Å². The molecule has 0 bridgehead atoms. The highest BCUT2D eigenvalue weighted by molar-refractivity contribution is 7.92. The Morgan fingerprint density at radius 1 is 1.09 bits per heavy atom. The predicted octanol–water partition coefficient (Wildman–Crippen LogP) is 3.63. The van der Waals surface area contributed by atoms with Crippen molar-refractivity contribution in [3.63, 3.8) is 0 Å². The Labute approximate surface area is 193 Å². The summed E-state index contributed by atoms with van der Waals surface area (Å²) >= 11 is 1.42. The van der Waals surface area contributed by atoms with E-state index in [-0.39, 0.29) is 4.90 Å². The number of benzene rings is 2. The number of ether oxygens (including phenoxy) is 1. The van der Waals surface area contributed by atoms with Crippen LogP contribution in [0.25, 0.3) is 10.2 Å². The van der Waals surface area contributed by atoms with Gasteiger partial charge in [0.25, 0.3) is 0 Å². The Balaban J connectivity index is 1.89. The molecule has 0 aliphatic carbocycles. The first-order chi connectivity index (χ1) is 15.2. The molecule has 0 aliphatic rings. The van der Waals surface area contributed by atoms with E-state index in [0.29, 0.717) is 23.8 Å². The molecule has 0 saturated heterocycles. The number of aryl methyl sites for hydroxylation is 1. The number of amides is 1. The predicted molar refractivity (Wildman–Crippen MR) is 130 cm³/mol. The van der Waals surface area contributed by atoms with Gasteiger partial charge in [-0.15, -0.1) is 0 Å². The van der Waals surface area contributed by atoms with Crippen LogP contribution in [0.4, 0.5) is 5.13 Å². The number of hydrogen-bond acceptors (Lipinski definition) is 7. The molecule has 32 heavy (non-hydrogen) atoms. The summed E-state index contributed by atoms with van der Waals surface area (Å²) in [5, 5.41) is 0.537. The van der Waals surface area contributed by atoms with E-state index in [1.165, 1.54) is 35.5 Å². The zero-order chi connectivity index (χ0) is 23.3. The van der Waals surface area contributed by atoms with Crippen LogP contribution in [0, 0.1) is 0 Å². The number of thiazole rings is 1. The third-order valence-electron chi connectivity index (χ3n) is 5.12. The van der Waals surface area contributed by atoms with Crippen LogP contribution in [0.2, 0.25) is 0 Å². The molecule has 7 nitrogen and oxygen atoms in total. The topological polar surface area (TPSA) is 79.8 Å². The van der Waals surface area contributed by atoms with Crippen LogP contribution in [0.3, 0.4) is 0 Å². The van der Waals surface area contributed by atoms with Gasteiger partial charge in [-0.25, -0.2) is 13.4 Å². The lowest BCUT2D eigenvalue weighted by atomic mass is 10.1. The minimum Gasteiger partial charge on any atom is -0.497 e. The third kappa shape index (κ3) is 5.65. The fourth-order valence-corrected chi connectivity index (χ4v) is 5.63. The van der Waals surface area contributed by atoms with Gasteiger partial charge in [0.1, 0.15) is 11.5 Å². The second-order valence-electron chi connectivity index (χ2n) is 7.75. The summed E-state index contributed by atoms with van der Waals surface area (Å²) < 4.78 is 31.9. The quantitative estimate of drug-likeness (QED) is 0.446. The molecule has 0 aliphatic heterocycles. The lowest BCUT2D eigenvalue weighted by Crippen LogP contribution is -2.37. The first-order valence-electron chi connectivity index (χ1n) is 10.5. The minimum absolute atomic E-state index is 0.0949. The molecule has 2 aromatic carbocycles. The second kappa shape index (κ2) is 10.4. The van der Waals surface area contributed by atoms with Gasteiger partial charge < -0.3 is 9.64 Å². The van der Waals surface area contributed by atoms with Gasteiger partial charge in [0, 0.05) is 6.54 Å². The Bertz CT molecular complexity index is 1170. The summed E-state index contributed by atoms with van der Waals surface area (Å²) in [6.45, 7) is 3.24. The number of rotatable bonds is 10. The number of anilines is 1. The van der Waals surface area contributed by atoms with Crippen LogP contribution in [0.1, 0.15) is 18.9 Å². The van der Waals surface area contributed by atoms with Crippen LogP contribution in [-0.2, 0) is 21.1 Å². The van der Waals surface area contributed by atoms with Crippen molar-refractivity contribution in [1.82, 2.24) is 9.88 Å². The van der Waals surface area contributed by atoms with Crippen molar-refractivity contribution < 1.29 is 17.9 Å². The summed E-state index contributed by atoms with van der Waals surface area (Å²) in [5.74, 6) is -0.531. The average molecular weight is 476 g/mol. The SMILES string of the molecule is CCc1cccc2sc(N(CCCN(C)C)C(=O)CS(=O)(=O)c3ccc(OC)cc3)nc12. The maximum Gasteiger partial charge on any atom is 0.244 e. The Hall–Kier alpha value is -2.49. The number of para-hydroxylation sites is 1.